The second kappa shape index (κ2) is 5.23. The van der Waals surface area contributed by atoms with E-state index in [1.54, 1.807) is 12.1 Å². The fraction of sp³-hybridized carbons (Fsp3) is 0.417. The molecule has 1 fully saturated rings. The number of nitrogens with zero attached hydrogens (tertiary/aromatic N) is 3. The van der Waals surface area contributed by atoms with E-state index in [9.17, 15) is 4.79 Å². The van der Waals surface area contributed by atoms with E-state index in [0.717, 1.165) is 19.4 Å². The highest BCUT2D eigenvalue weighted by Gasteiger charge is 2.25. The van der Waals surface area contributed by atoms with Crippen LogP contribution >= 0.6 is 11.6 Å². The van der Waals surface area contributed by atoms with E-state index in [-0.39, 0.29) is 17.5 Å². The minimum absolute atomic E-state index is 0.151. The Morgan fingerprint density at radius 3 is 3.06 bits per heavy atom. The van der Waals surface area contributed by atoms with Crippen molar-refractivity contribution < 1.29 is 4.79 Å². The van der Waals surface area contributed by atoms with Crippen LogP contribution in [0.15, 0.2) is 12.1 Å². The second-order valence-electron chi connectivity index (χ2n) is 4.30. The molecule has 0 radical (unpaired) electrons. The standard InChI is InChI=1S/C12H13ClN4O/c13-9-3-4-11(16-10(9)6-14)17-5-1-2-8(7-17)12(15)18/h3-4,8H,1-2,5,7H2,(H2,15,18). The maximum atomic E-state index is 11.2. The van der Waals surface area contributed by atoms with Gasteiger partial charge in [-0.1, -0.05) is 11.6 Å². The molecule has 0 bridgehead atoms. The first-order valence-corrected chi connectivity index (χ1v) is 6.10. The molecular weight excluding hydrogens is 252 g/mol. The number of carbonyl (C=O) groups is 1. The van der Waals surface area contributed by atoms with Gasteiger partial charge in [0.1, 0.15) is 11.9 Å². The van der Waals surface area contributed by atoms with Gasteiger partial charge < -0.3 is 10.6 Å². The van der Waals surface area contributed by atoms with Crippen molar-refractivity contribution in [3.63, 3.8) is 0 Å². The Balaban J connectivity index is 2.21. The molecule has 1 aliphatic heterocycles. The van der Waals surface area contributed by atoms with E-state index in [2.05, 4.69) is 4.98 Å². The zero-order valence-electron chi connectivity index (χ0n) is 9.77. The maximum absolute atomic E-state index is 11.2. The van der Waals surface area contributed by atoms with Crippen LogP contribution in [0.2, 0.25) is 5.02 Å². The average molecular weight is 265 g/mol. The number of pyridine rings is 1. The Morgan fingerprint density at radius 2 is 2.39 bits per heavy atom. The van der Waals surface area contributed by atoms with Crippen LogP contribution in [0.4, 0.5) is 5.82 Å². The van der Waals surface area contributed by atoms with Gasteiger partial charge in [0.15, 0.2) is 5.69 Å². The van der Waals surface area contributed by atoms with Crippen LogP contribution in [0, 0.1) is 17.2 Å². The van der Waals surface area contributed by atoms with Gasteiger partial charge in [-0.25, -0.2) is 4.98 Å². The largest absolute Gasteiger partial charge is 0.369 e. The fourth-order valence-electron chi connectivity index (χ4n) is 2.10. The molecule has 2 heterocycles. The van der Waals surface area contributed by atoms with Crippen LogP contribution in [0.3, 0.4) is 0 Å². The monoisotopic (exact) mass is 264 g/mol. The Morgan fingerprint density at radius 1 is 1.61 bits per heavy atom. The third-order valence-corrected chi connectivity index (χ3v) is 3.39. The molecule has 0 aliphatic carbocycles. The van der Waals surface area contributed by atoms with Crippen LogP contribution in [0.5, 0.6) is 0 Å². The molecule has 0 aromatic carbocycles. The number of amides is 1. The molecule has 1 aliphatic rings. The van der Waals surface area contributed by atoms with Crippen molar-refractivity contribution in [2.45, 2.75) is 12.8 Å². The quantitative estimate of drug-likeness (QED) is 0.873. The molecule has 2 N–H and O–H groups in total. The number of hydrogen-bond acceptors (Lipinski definition) is 4. The Kier molecular flexibility index (Phi) is 3.68. The molecule has 0 saturated carbocycles. The minimum Gasteiger partial charge on any atom is -0.369 e. The summed E-state index contributed by atoms with van der Waals surface area (Å²) in [5, 5.41) is 9.23. The van der Waals surface area contributed by atoms with E-state index in [1.165, 1.54) is 0 Å². The molecule has 1 amide bonds. The number of hydrogen-bond donors (Lipinski definition) is 1. The number of anilines is 1. The number of rotatable bonds is 2. The van der Waals surface area contributed by atoms with Crippen molar-refractivity contribution in [1.29, 1.82) is 5.26 Å². The first-order chi connectivity index (χ1) is 8.61. The van der Waals surface area contributed by atoms with Crippen molar-refractivity contribution in [2.24, 2.45) is 11.7 Å². The summed E-state index contributed by atoms with van der Waals surface area (Å²) in [6.07, 6.45) is 1.70. The Hall–Kier alpha value is -1.80. The van der Waals surface area contributed by atoms with E-state index in [0.29, 0.717) is 17.4 Å². The highest BCUT2D eigenvalue weighted by atomic mass is 35.5. The van der Waals surface area contributed by atoms with Crippen molar-refractivity contribution in [3.05, 3.63) is 22.8 Å². The predicted octanol–water partition coefficient (Wildman–Crippen LogP) is 1.31. The molecule has 94 valence electrons. The highest BCUT2D eigenvalue weighted by Crippen LogP contribution is 2.24. The molecule has 1 saturated heterocycles. The van der Waals surface area contributed by atoms with E-state index in [4.69, 9.17) is 22.6 Å². The molecule has 6 heteroatoms. The summed E-state index contributed by atoms with van der Waals surface area (Å²) < 4.78 is 0. The van der Waals surface area contributed by atoms with Crippen molar-refractivity contribution >= 4 is 23.3 Å². The third kappa shape index (κ3) is 2.54. The van der Waals surface area contributed by atoms with Crippen LogP contribution in [0.25, 0.3) is 0 Å². The lowest BCUT2D eigenvalue weighted by atomic mass is 9.97. The molecule has 2 rings (SSSR count). The van der Waals surface area contributed by atoms with Crippen molar-refractivity contribution in [3.8, 4) is 6.07 Å². The molecular formula is C12H13ClN4O. The molecule has 18 heavy (non-hydrogen) atoms. The maximum Gasteiger partial charge on any atom is 0.222 e. The van der Waals surface area contributed by atoms with E-state index >= 15 is 0 Å². The lowest BCUT2D eigenvalue weighted by molar-refractivity contribution is -0.122. The van der Waals surface area contributed by atoms with Gasteiger partial charge in [-0.15, -0.1) is 0 Å². The van der Waals surface area contributed by atoms with Gasteiger partial charge in [-0.3, -0.25) is 4.79 Å². The zero-order chi connectivity index (χ0) is 13.1. The van der Waals surface area contributed by atoms with Gasteiger partial charge in [0.2, 0.25) is 5.91 Å². The highest BCUT2D eigenvalue weighted by molar-refractivity contribution is 6.31. The predicted molar refractivity (Wildman–Crippen MR) is 68.1 cm³/mol. The summed E-state index contributed by atoms with van der Waals surface area (Å²) in [4.78, 5) is 17.4. The number of halogens is 1. The smallest absolute Gasteiger partial charge is 0.222 e. The molecule has 1 aromatic heterocycles. The van der Waals surface area contributed by atoms with Gasteiger partial charge in [-0.05, 0) is 25.0 Å². The normalized spacial score (nSPS) is 19.3. The molecule has 1 unspecified atom stereocenters. The lowest BCUT2D eigenvalue weighted by Gasteiger charge is -2.32. The summed E-state index contributed by atoms with van der Waals surface area (Å²) in [7, 11) is 0. The Bertz CT molecular complexity index is 511. The van der Waals surface area contributed by atoms with Gasteiger partial charge in [-0.2, -0.15) is 5.26 Å². The topological polar surface area (TPSA) is 83.0 Å². The van der Waals surface area contributed by atoms with Crippen LogP contribution in [-0.4, -0.2) is 24.0 Å². The minimum atomic E-state index is -0.283. The van der Waals surface area contributed by atoms with Crippen LogP contribution < -0.4 is 10.6 Å². The molecule has 1 aromatic rings. The van der Waals surface area contributed by atoms with E-state index < -0.39 is 0 Å². The summed E-state index contributed by atoms with van der Waals surface area (Å²) >= 11 is 5.84. The number of aromatic nitrogens is 1. The Labute approximate surface area is 110 Å². The zero-order valence-corrected chi connectivity index (χ0v) is 10.5. The van der Waals surface area contributed by atoms with Gasteiger partial charge in [0, 0.05) is 13.1 Å². The van der Waals surface area contributed by atoms with Gasteiger partial charge >= 0.3 is 0 Å². The number of nitriles is 1. The number of primary amides is 1. The fourth-order valence-corrected chi connectivity index (χ4v) is 2.25. The molecule has 1 atom stereocenters. The summed E-state index contributed by atoms with van der Waals surface area (Å²) in [5.74, 6) is 0.234. The number of piperidine rings is 1. The summed E-state index contributed by atoms with van der Waals surface area (Å²) in [6, 6.07) is 5.35. The first kappa shape index (κ1) is 12.7. The SMILES string of the molecule is N#Cc1nc(N2CCCC(C(N)=O)C2)ccc1Cl. The number of carbonyl (C=O) groups excluding carboxylic acids is 1. The van der Waals surface area contributed by atoms with Crippen LogP contribution in [0.1, 0.15) is 18.5 Å². The van der Waals surface area contributed by atoms with Gasteiger partial charge in [0.25, 0.3) is 0 Å². The van der Waals surface area contributed by atoms with Crippen LogP contribution in [-0.2, 0) is 4.79 Å². The molecule has 5 nitrogen and oxygen atoms in total. The van der Waals surface area contributed by atoms with Gasteiger partial charge in [0.05, 0.1) is 10.9 Å². The third-order valence-electron chi connectivity index (χ3n) is 3.08. The number of nitrogens with two attached hydrogens (primary N) is 1. The average Bonchev–Trinajstić information content (AvgIpc) is 2.39. The van der Waals surface area contributed by atoms with Crippen molar-refractivity contribution in [1.82, 2.24) is 4.98 Å². The van der Waals surface area contributed by atoms with Crippen molar-refractivity contribution in [2.75, 3.05) is 18.0 Å². The summed E-state index contributed by atoms with van der Waals surface area (Å²) in [6.45, 7) is 1.36. The lowest BCUT2D eigenvalue weighted by Crippen LogP contribution is -2.41. The molecule has 0 spiro atoms. The summed E-state index contributed by atoms with van der Waals surface area (Å²) in [5.41, 5.74) is 5.53. The second-order valence-corrected chi connectivity index (χ2v) is 4.71. The first-order valence-electron chi connectivity index (χ1n) is 5.72. The van der Waals surface area contributed by atoms with E-state index in [1.807, 2.05) is 11.0 Å².